The molecule has 6 aliphatic rings. The van der Waals surface area contributed by atoms with Crippen molar-refractivity contribution < 1.29 is 4.79 Å². The molecule has 0 radical (unpaired) electrons. The molecular formula is C21H34N2O. The number of hydrogen-bond acceptors (Lipinski definition) is 2. The van der Waals surface area contributed by atoms with Gasteiger partial charge in [-0.3, -0.25) is 4.79 Å². The van der Waals surface area contributed by atoms with Crippen LogP contribution in [-0.4, -0.2) is 37.0 Å². The van der Waals surface area contributed by atoms with E-state index in [-0.39, 0.29) is 5.41 Å². The molecule has 2 aliphatic heterocycles. The lowest BCUT2D eigenvalue weighted by atomic mass is 9.40. The number of carbonyl (C=O) groups excluding carboxylic acids is 1. The quantitative estimate of drug-likeness (QED) is 0.799. The minimum atomic E-state index is 0.000612. The summed E-state index contributed by atoms with van der Waals surface area (Å²) in [5.74, 6) is 3.00. The minimum absolute atomic E-state index is 0.000612. The fraction of sp³-hybridized carbons (Fsp3) is 0.952. The van der Waals surface area contributed by atoms with Gasteiger partial charge in [-0.1, -0.05) is 13.8 Å². The van der Waals surface area contributed by atoms with Gasteiger partial charge in [-0.05, 0) is 93.0 Å². The van der Waals surface area contributed by atoms with Crippen molar-refractivity contribution in [3.05, 3.63) is 0 Å². The monoisotopic (exact) mass is 330 g/mol. The molecule has 0 aromatic rings. The number of nitrogens with one attached hydrogen (secondary N) is 1. The zero-order valence-corrected chi connectivity index (χ0v) is 15.6. The molecule has 1 N–H and O–H groups in total. The molecule has 6 rings (SSSR count). The van der Waals surface area contributed by atoms with Crippen molar-refractivity contribution in [1.82, 2.24) is 10.2 Å². The first-order chi connectivity index (χ1) is 11.4. The van der Waals surface area contributed by atoms with Crippen molar-refractivity contribution in [2.75, 3.05) is 26.2 Å². The molecule has 2 heterocycles. The number of amides is 1. The fourth-order valence-electron chi connectivity index (χ4n) is 8.44. The van der Waals surface area contributed by atoms with Crippen LogP contribution in [0.4, 0.5) is 0 Å². The van der Waals surface area contributed by atoms with Gasteiger partial charge < -0.3 is 10.2 Å². The van der Waals surface area contributed by atoms with Crippen molar-refractivity contribution in [2.24, 2.45) is 34.0 Å². The Kier molecular flexibility index (Phi) is 3.26. The molecule has 2 saturated heterocycles. The van der Waals surface area contributed by atoms with Crippen molar-refractivity contribution in [3.8, 4) is 0 Å². The molecule has 0 aromatic carbocycles. The SMILES string of the molecule is CC12CC3CC(C)(C1)CC(C(=O)N1CC[C@@H]4CNC[C@@H]4CC1)(C3)C2. The third-order valence-corrected chi connectivity index (χ3v) is 8.39. The Balaban J connectivity index is 1.38. The lowest BCUT2D eigenvalue weighted by Crippen LogP contribution is -2.60. The molecule has 4 aliphatic carbocycles. The lowest BCUT2D eigenvalue weighted by molar-refractivity contribution is -0.179. The van der Waals surface area contributed by atoms with E-state index < -0.39 is 0 Å². The Bertz CT molecular complexity index is 526. The number of hydrogen-bond donors (Lipinski definition) is 1. The molecule has 6 fully saturated rings. The zero-order chi connectivity index (χ0) is 16.6. The average Bonchev–Trinajstić information content (AvgIpc) is 2.82. The van der Waals surface area contributed by atoms with Gasteiger partial charge in [0.15, 0.2) is 0 Å². The molecule has 4 saturated carbocycles. The predicted molar refractivity (Wildman–Crippen MR) is 95.5 cm³/mol. The van der Waals surface area contributed by atoms with Gasteiger partial charge in [-0.15, -0.1) is 0 Å². The summed E-state index contributed by atoms with van der Waals surface area (Å²) >= 11 is 0. The van der Waals surface area contributed by atoms with Gasteiger partial charge in [0.05, 0.1) is 5.41 Å². The molecule has 0 spiro atoms. The third-order valence-electron chi connectivity index (χ3n) is 8.39. The summed E-state index contributed by atoms with van der Waals surface area (Å²) < 4.78 is 0. The normalized spacial score (nSPS) is 53.1. The zero-order valence-electron chi connectivity index (χ0n) is 15.6. The van der Waals surface area contributed by atoms with E-state index in [2.05, 4.69) is 24.1 Å². The summed E-state index contributed by atoms with van der Waals surface area (Å²) in [4.78, 5) is 16.0. The first-order valence-electron chi connectivity index (χ1n) is 10.4. The Morgan fingerprint density at radius 3 is 2.04 bits per heavy atom. The van der Waals surface area contributed by atoms with Gasteiger partial charge in [0.25, 0.3) is 0 Å². The van der Waals surface area contributed by atoms with Crippen LogP contribution in [-0.2, 0) is 4.79 Å². The smallest absolute Gasteiger partial charge is 0.228 e. The van der Waals surface area contributed by atoms with Crippen LogP contribution in [0.25, 0.3) is 0 Å². The van der Waals surface area contributed by atoms with Crippen LogP contribution < -0.4 is 5.32 Å². The Labute approximate surface area is 146 Å². The Morgan fingerprint density at radius 2 is 1.50 bits per heavy atom. The second kappa shape index (κ2) is 4.99. The Hall–Kier alpha value is -0.570. The van der Waals surface area contributed by atoms with E-state index in [1.165, 1.54) is 64.5 Å². The summed E-state index contributed by atoms with van der Waals surface area (Å²) in [6.45, 7) is 9.35. The van der Waals surface area contributed by atoms with Crippen molar-refractivity contribution in [2.45, 2.75) is 65.2 Å². The summed E-state index contributed by atoms with van der Waals surface area (Å²) in [6.07, 6.45) is 10.1. The second-order valence-corrected chi connectivity index (χ2v) is 11.0. The van der Waals surface area contributed by atoms with Crippen LogP contribution in [0.5, 0.6) is 0 Å². The summed E-state index contributed by atoms with van der Waals surface area (Å²) in [6, 6.07) is 0. The van der Waals surface area contributed by atoms with Gasteiger partial charge in [-0.25, -0.2) is 0 Å². The van der Waals surface area contributed by atoms with Crippen LogP contribution in [0.2, 0.25) is 0 Å². The standard InChI is InChI=1S/C21H34N2O/c1-19-7-15-8-20(2,12-19)14-21(9-15,13-19)18(24)23-5-3-16-10-22-11-17(16)4-6-23/h15-17,22H,3-14H2,1-2H3/t15?,16-,17+,19?,20?,21?. The van der Waals surface area contributed by atoms with E-state index in [0.717, 1.165) is 30.8 Å². The van der Waals surface area contributed by atoms with Gasteiger partial charge in [0.2, 0.25) is 5.91 Å². The summed E-state index contributed by atoms with van der Waals surface area (Å²) in [5, 5.41) is 3.55. The van der Waals surface area contributed by atoms with Crippen LogP contribution in [0.15, 0.2) is 0 Å². The Morgan fingerprint density at radius 1 is 0.917 bits per heavy atom. The molecule has 4 atom stereocenters. The van der Waals surface area contributed by atoms with Gasteiger partial charge in [0.1, 0.15) is 0 Å². The van der Waals surface area contributed by atoms with Crippen LogP contribution in [0, 0.1) is 34.0 Å². The second-order valence-electron chi connectivity index (χ2n) is 11.0. The number of nitrogens with zero attached hydrogens (tertiary/aromatic N) is 1. The summed E-state index contributed by atoms with van der Waals surface area (Å²) in [5.41, 5.74) is 0.882. The molecule has 24 heavy (non-hydrogen) atoms. The van der Waals surface area contributed by atoms with E-state index in [1.807, 2.05) is 0 Å². The lowest BCUT2D eigenvalue weighted by Gasteiger charge is -2.65. The van der Waals surface area contributed by atoms with Crippen LogP contribution >= 0.6 is 0 Å². The molecule has 134 valence electrons. The van der Waals surface area contributed by atoms with Gasteiger partial charge >= 0.3 is 0 Å². The first-order valence-corrected chi connectivity index (χ1v) is 10.4. The maximum absolute atomic E-state index is 13.7. The minimum Gasteiger partial charge on any atom is -0.342 e. The fourth-order valence-corrected chi connectivity index (χ4v) is 8.44. The van der Waals surface area contributed by atoms with E-state index in [4.69, 9.17) is 0 Å². The molecule has 0 aromatic heterocycles. The average molecular weight is 331 g/mol. The van der Waals surface area contributed by atoms with Crippen LogP contribution in [0.1, 0.15) is 65.2 Å². The molecule has 1 amide bonds. The highest BCUT2D eigenvalue weighted by Crippen LogP contribution is 2.69. The first kappa shape index (κ1) is 15.7. The predicted octanol–water partition coefficient (Wildman–Crippen LogP) is 3.44. The van der Waals surface area contributed by atoms with E-state index in [1.54, 1.807) is 0 Å². The maximum Gasteiger partial charge on any atom is 0.228 e. The van der Waals surface area contributed by atoms with Gasteiger partial charge in [-0.2, -0.15) is 0 Å². The topological polar surface area (TPSA) is 32.3 Å². The maximum atomic E-state index is 13.7. The van der Waals surface area contributed by atoms with Gasteiger partial charge in [0, 0.05) is 13.1 Å². The highest BCUT2D eigenvalue weighted by Gasteiger charge is 2.63. The number of carbonyl (C=O) groups is 1. The highest BCUT2D eigenvalue weighted by molar-refractivity contribution is 5.83. The van der Waals surface area contributed by atoms with E-state index in [9.17, 15) is 4.79 Å². The molecule has 3 heteroatoms. The molecular weight excluding hydrogens is 296 g/mol. The van der Waals surface area contributed by atoms with E-state index in [0.29, 0.717) is 16.7 Å². The number of rotatable bonds is 1. The van der Waals surface area contributed by atoms with E-state index >= 15 is 0 Å². The van der Waals surface area contributed by atoms with Crippen molar-refractivity contribution in [3.63, 3.8) is 0 Å². The molecule has 2 unspecified atom stereocenters. The summed E-state index contributed by atoms with van der Waals surface area (Å²) in [7, 11) is 0. The number of fused-ring (bicyclic) bond motifs is 1. The number of likely N-dealkylation sites (tertiary alicyclic amines) is 1. The highest BCUT2D eigenvalue weighted by atomic mass is 16.2. The van der Waals surface area contributed by atoms with Crippen molar-refractivity contribution in [1.29, 1.82) is 0 Å². The third kappa shape index (κ3) is 2.29. The molecule has 3 nitrogen and oxygen atoms in total. The largest absolute Gasteiger partial charge is 0.342 e. The van der Waals surface area contributed by atoms with Crippen LogP contribution in [0.3, 0.4) is 0 Å². The van der Waals surface area contributed by atoms with Crippen molar-refractivity contribution >= 4 is 5.91 Å². The molecule has 4 bridgehead atoms.